The maximum Gasteiger partial charge on any atom is 0.0664 e. The lowest BCUT2D eigenvalue weighted by molar-refractivity contribution is 0.152. The molecule has 0 aliphatic heterocycles. The summed E-state index contributed by atoms with van der Waals surface area (Å²) in [5.41, 5.74) is 0. The van der Waals surface area contributed by atoms with E-state index >= 15 is 0 Å². The second kappa shape index (κ2) is 9.00. The molecule has 0 radical (unpaired) electrons. The van der Waals surface area contributed by atoms with Crippen molar-refractivity contribution in [3.05, 3.63) is 0 Å². The minimum Gasteiger partial charge on any atom is -0.392 e. The molecule has 2 N–H and O–H groups in total. The van der Waals surface area contributed by atoms with E-state index in [4.69, 9.17) is 0 Å². The zero-order valence-electron chi connectivity index (χ0n) is 11.8. The third kappa shape index (κ3) is 9.17. The molecule has 0 saturated carbocycles. The summed E-state index contributed by atoms with van der Waals surface area (Å²) < 4.78 is 0. The van der Waals surface area contributed by atoms with Gasteiger partial charge in [0.05, 0.1) is 6.10 Å². The largest absolute Gasteiger partial charge is 0.392 e. The van der Waals surface area contributed by atoms with Gasteiger partial charge in [-0.15, -0.1) is 0 Å². The first-order valence-electron chi connectivity index (χ1n) is 6.87. The highest BCUT2D eigenvalue weighted by molar-refractivity contribution is 4.72. The van der Waals surface area contributed by atoms with Crippen molar-refractivity contribution in [2.75, 3.05) is 6.54 Å². The first kappa shape index (κ1) is 15.9. The highest BCUT2D eigenvalue weighted by Crippen LogP contribution is 2.13. The Bertz CT molecular complexity index is 147. The van der Waals surface area contributed by atoms with Gasteiger partial charge >= 0.3 is 0 Å². The monoisotopic (exact) mass is 229 g/mol. The predicted molar refractivity (Wildman–Crippen MR) is 71.6 cm³/mol. The quantitative estimate of drug-likeness (QED) is 0.636. The fourth-order valence-electron chi connectivity index (χ4n) is 2.14. The number of aliphatic hydroxyl groups is 1. The average molecular weight is 229 g/mol. The van der Waals surface area contributed by atoms with Gasteiger partial charge in [0.15, 0.2) is 0 Å². The molecule has 0 heterocycles. The third-order valence-electron chi connectivity index (χ3n) is 2.78. The molecule has 0 aliphatic carbocycles. The summed E-state index contributed by atoms with van der Waals surface area (Å²) in [5.74, 6) is 1.44. The lowest BCUT2D eigenvalue weighted by Crippen LogP contribution is -2.37. The lowest BCUT2D eigenvalue weighted by atomic mass is 9.95. The molecule has 0 aromatic rings. The summed E-state index contributed by atoms with van der Waals surface area (Å²) in [4.78, 5) is 0. The molecule has 0 spiro atoms. The van der Waals surface area contributed by atoms with Crippen LogP contribution in [0.1, 0.15) is 60.3 Å². The summed E-state index contributed by atoms with van der Waals surface area (Å²) in [6.45, 7) is 11.9. The van der Waals surface area contributed by atoms with Crippen LogP contribution in [0.3, 0.4) is 0 Å². The van der Waals surface area contributed by atoms with E-state index in [1.165, 1.54) is 12.8 Å². The van der Waals surface area contributed by atoms with Crippen molar-refractivity contribution < 1.29 is 5.11 Å². The molecular formula is C14H31NO. The van der Waals surface area contributed by atoms with Crippen LogP contribution < -0.4 is 5.32 Å². The van der Waals surface area contributed by atoms with Crippen molar-refractivity contribution in [3.8, 4) is 0 Å². The number of nitrogens with one attached hydrogen (secondary N) is 1. The summed E-state index contributed by atoms with van der Waals surface area (Å²) in [6.07, 6.45) is 4.20. The van der Waals surface area contributed by atoms with Crippen LogP contribution in [0.2, 0.25) is 0 Å². The van der Waals surface area contributed by atoms with Gasteiger partial charge in [0, 0.05) is 12.6 Å². The highest BCUT2D eigenvalue weighted by Gasteiger charge is 2.13. The summed E-state index contributed by atoms with van der Waals surface area (Å²) in [7, 11) is 0. The number of hydrogen-bond donors (Lipinski definition) is 2. The Labute approximate surface area is 102 Å². The SMILES string of the molecule is CCCC(O)CNC(CC(C)C)CC(C)C. The Balaban J connectivity index is 3.90. The molecule has 1 atom stereocenters. The van der Waals surface area contributed by atoms with Gasteiger partial charge in [-0.3, -0.25) is 0 Å². The second-order valence-electron chi connectivity index (χ2n) is 5.81. The van der Waals surface area contributed by atoms with Crippen LogP contribution in [0.4, 0.5) is 0 Å². The van der Waals surface area contributed by atoms with Crippen LogP contribution in [0, 0.1) is 11.8 Å². The van der Waals surface area contributed by atoms with Gasteiger partial charge in [-0.25, -0.2) is 0 Å². The standard InChI is InChI=1S/C14H31NO/c1-6-7-14(16)10-15-13(8-11(2)3)9-12(4)5/h11-16H,6-10H2,1-5H3. The summed E-state index contributed by atoms with van der Waals surface area (Å²) >= 11 is 0. The maximum absolute atomic E-state index is 9.70. The normalized spacial score (nSPS) is 14.1. The second-order valence-corrected chi connectivity index (χ2v) is 5.81. The predicted octanol–water partition coefficient (Wildman–Crippen LogP) is 3.20. The van der Waals surface area contributed by atoms with Crippen molar-refractivity contribution in [2.24, 2.45) is 11.8 Å². The highest BCUT2D eigenvalue weighted by atomic mass is 16.3. The van der Waals surface area contributed by atoms with Gasteiger partial charge in [-0.1, -0.05) is 41.0 Å². The molecule has 0 rings (SSSR count). The Kier molecular flexibility index (Phi) is 8.96. The zero-order valence-corrected chi connectivity index (χ0v) is 11.8. The van der Waals surface area contributed by atoms with Gasteiger partial charge in [-0.05, 0) is 31.1 Å². The molecule has 0 fully saturated rings. The van der Waals surface area contributed by atoms with E-state index in [2.05, 4.69) is 39.9 Å². The molecule has 0 aromatic heterocycles. The molecule has 2 heteroatoms. The molecule has 2 nitrogen and oxygen atoms in total. The topological polar surface area (TPSA) is 32.3 Å². The molecular weight excluding hydrogens is 198 g/mol. The zero-order chi connectivity index (χ0) is 12.6. The van der Waals surface area contributed by atoms with Crippen molar-refractivity contribution >= 4 is 0 Å². The Morgan fingerprint density at radius 1 is 1.00 bits per heavy atom. The van der Waals surface area contributed by atoms with E-state index in [1.807, 2.05) is 0 Å². The van der Waals surface area contributed by atoms with E-state index in [9.17, 15) is 5.11 Å². The van der Waals surface area contributed by atoms with Crippen LogP contribution in [-0.4, -0.2) is 23.8 Å². The summed E-state index contributed by atoms with van der Waals surface area (Å²) in [5, 5.41) is 13.2. The van der Waals surface area contributed by atoms with Crippen LogP contribution >= 0.6 is 0 Å². The van der Waals surface area contributed by atoms with Crippen LogP contribution in [0.15, 0.2) is 0 Å². The van der Waals surface area contributed by atoms with E-state index in [0.29, 0.717) is 6.04 Å². The van der Waals surface area contributed by atoms with Gasteiger partial charge < -0.3 is 10.4 Å². The van der Waals surface area contributed by atoms with E-state index in [-0.39, 0.29) is 6.10 Å². The minimum absolute atomic E-state index is 0.174. The molecule has 0 amide bonds. The number of aliphatic hydroxyl groups excluding tert-OH is 1. The average Bonchev–Trinajstić information content (AvgIpc) is 2.13. The summed E-state index contributed by atoms with van der Waals surface area (Å²) in [6, 6.07) is 0.562. The Hall–Kier alpha value is -0.0800. The molecule has 98 valence electrons. The fraction of sp³-hybridized carbons (Fsp3) is 1.00. The van der Waals surface area contributed by atoms with Crippen molar-refractivity contribution in [3.63, 3.8) is 0 Å². The van der Waals surface area contributed by atoms with E-state index < -0.39 is 0 Å². The van der Waals surface area contributed by atoms with E-state index in [0.717, 1.165) is 31.2 Å². The first-order valence-corrected chi connectivity index (χ1v) is 6.87. The van der Waals surface area contributed by atoms with Crippen molar-refractivity contribution in [2.45, 2.75) is 72.4 Å². The molecule has 0 aliphatic rings. The fourth-order valence-corrected chi connectivity index (χ4v) is 2.14. The van der Waals surface area contributed by atoms with Crippen LogP contribution in [-0.2, 0) is 0 Å². The van der Waals surface area contributed by atoms with Gasteiger partial charge in [0.25, 0.3) is 0 Å². The van der Waals surface area contributed by atoms with Crippen molar-refractivity contribution in [1.29, 1.82) is 0 Å². The van der Waals surface area contributed by atoms with Gasteiger partial charge in [-0.2, -0.15) is 0 Å². The van der Waals surface area contributed by atoms with Crippen LogP contribution in [0.5, 0.6) is 0 Å². The smallest absolute Gasteiger partial charge is 0.0664 e. The third-order valence-corrected chi connectivity index (χ3v) is 2.78. The number of hydrogen-bond acceptors (Lipinski definition) is 2. The Morgan fingerprint density at radius 2 is 1.50 bits per heavy atom. The molecule has 16 heavy (non-hydrogen) atoms. The maximum atomic E-state index is 9.70. The van der Waals surface area contributed by atoms with Crippen LogP contribution in [0.25, 0.3) is 0 Å². The van der Waals surface area contributed by atoms with Gasteiger partial charge in [0.2, 0.25) is 0 Å². The molecule has 1 unspecified atom stereocenters. The molecule has 0 bridgehead atoms. The van der Waals surface area contributed by atoms with E-state index in [1.54, 1.807) is 0 Å². The van der Waals surface area contributed by atoms with Gasteiger partial charge in [0.1, 0.15) is 0 Å². The molecule has 0 aromatic carbocycles. The molecule has 0 saturated heterocycles. The Morgan fingerprint density at radius 3 is 1.88 bits per heavy atom. The lowest BCUT2D eigenvalue weighted by Gasteiger charge is -2.24. The number of rotatable bonds is 9. The first-order chi connectivity index (χ1) is 7.45. The minimum atomic E-state index is -0.174. The van der Waals surface area contributed by atoms with Crippen molar-refractivity contribution in [1.82, 2.24) is 5.32 Å².